The lowest BCUT2D eigenvalue weighted by molar-refractivity contribution is 0.0949. The Morgan fingerprint density at radius 1 is 0.971 bits per heavy atom. The molecule has 0 fully saturated rings. The van der Waals surface area contributed by atoms with Crippen molar-refractivity contribution in [3.63, 3.8) is 0 Å². The molecule has 0 aliphatic rings. The number of para-hydroxylation sites is 2. The lowest BCUT2D eigenvalue weighted by atomic mass is 10.1. The number of rotatable bonds is 11. The molecule has 0 aliphatic heterocycles. The second kappa shape index (κ2) is 11.6. The largest absolute Gasteiger partial charge is 0.491 e. The SMILES string of the molecule is Cc1cccc(OCCn2c(CCCCCNC(=O)c3ccccc3F)nc3ccccc32)c1C. The smallest absolute Gasteiger partial charge is 0.254 e. The number of benzene rings is 3. The zero-order valence-corrected chi connectivity index (χ0v) is 20.4. The Labute approximate surface area is 206 Å². The number of carbonyl (C=O) groups is 1. The van der Waals surface area contributed by atoms with Gasteiger partial charge in [0.15, 0.2) is 0 Å². The van der Waals surface area contributed by atoms with Gasteiger partial charge in [0, 0.05) is 13.0 Å². The first-order valence-corrected chi connectivity index (χ1v) is 12.2. The lowest BCUT2D eigenvalue weighted by Gasteiger charge is -2.13. The molecule has 3 aromatic carbocycles. The van der Waals surface area contributed by atoms with Crippen LogP contribution in [0.15, 0.2) is 66.7 Å². The van der Waals surface area contributed by atoms with Crippen LogP contribution in [0.25, 0.3) is 11.0 Å². The van der Waals surface area contributed by atoms with Gasteiger partial charge in [0.25, 0.3) is 5.91 Å². The number of hydrogen-bond donors (Lipinski definition) is 1. The molecule has 1 amide bonds. The van der Waals surface area contributed by atoms with Crippen molar-refractivity contribution in [3.05, 3.63) is 95.1 Å². The number of aryl methyl sites for hydroxylation is 2. The molecule has 35 heavy (non-hydrogen) atoms. The second-order valence-corrected chi connectivity index (χ2v) is 8.76. The molecule has 1 aromatic heterocycles. The van der Waals surface area contributed by atoms with Gasteiger partial charge >= 0.3 is 0 Å². The van der Waals surface area contributed by atoms with Crippen LogP contribution in [0.5, 0.6) is 5.75 Å². The monoisotopic (exact) mass is 473 g/mol. The molecule has 5 nitrogen and oxygen atoms in total. The fraction of sp³-hybridized carbons (Fsp3) is 0.310. The number of unbranched alkanes of at least 4 members (excludes halogenated alkanes) is 2. The first kappa shape index (κ1) is 24.5. The van der Waals surface area contributed by atoms with Gasteiger partial charge in [-0.05, 0) is 68.1 Å². The van der Waals surface area contributed by atoms with Gasteiger partial charge in [0.05, 0.1) is 23.1 Å². The summed E-state index contributed by atoms with van der Waals surface area (Å²) < 4.78 is 22.1. The molecular formula is C29H32FN3O2. The van der Waals surface area contributed by atoms with E-state index in [1.807, 2.05) is 30.3 Å². The second-order valence-electron chi connectivity index (χ2n) is 8.76. The van der Waals surface area contributed by atoms with E-state index in [4.69, 9.17) is 9.72 Å². The van der Waals surface area contributed by atoms with E-state index in [-0.39, 0.29) is 11.5 Å². The summed E-state index contributed by atoms with van der Waals surface area (Å²) in [6, 6.07) is 20.4. The quantitative estimate of drug-likeness (QED) is 0.271. The van der Waals surface area contributed by atoms with Crippen LogP contribution in [0.1, 0.15) is 46.6 Å². The summed E-state index contributed by atoms with van der Waals surface area (Å²) in [6.45, 7) is 5.99. The maximum atomic E-state index is 13.7. The average molecular weight is 474 g/mol. The summed E-state index contributed by atoms with van der Waals surface area (Å²) in [6.07, 6.45) is 3.58. The number of carbonyl (C=O) groups excluding carboxylic acids is 1. The van der Waals surface area contributed by atoms with E-state index in [1.165, 1.54) is 23.3 Å². The highest BCUT2D eigenvalue weighted by Crippen LogP contribution is 2.22. The number of aromatic nitrogens is 2. The molecule has 0 aliphatic carbocycles. The van der Waals surface area contributed by atoms with Crippen molar-refractivity contribution in [3.8, 4) is 5.75 Å². The zero-order valence-electron chi connectivity index (χ0n) is 20.4. The van der Waals surface area contributed by atoms with Crippen molar-refractivity contribution in [1.82, 2.24) is 14.9 Å². The molecule has 1 N–H and O–H groups in total. The predicted molar refractivity (Wildman–Crippen MR) is 137 cm³/mol. The van der Waals surface area contributed by atoms with Crippen LogP contribution in [-0.2, 0) is 13.0 Å². The Balaban J connectivity index is 1.29. The molecule has 4 aromatic rings. The third kappa shape index (κ3) is 6.07. The number of halogens is 1. The van der Waals surface area contributed by atoms with Gasteiger partial charge in [-0.25, -0.2) is 9.37 Å². The Morgan fingerprint density at radius 2 is 1.77 bits per heavy atom. The highest BCUT2D eigenvalue weighted by atomic mass is 19.1. The Morgan fingerprint density at radius 3 is 2.63 bits per heavy atom. The number of nitrogens with one attached hydrogen (secondary N) is 1. The standard InChI is InChI=1S/C29H32FN3O2/c1-21-11-10-16-27(22(21)2)35-20-19-33-26-15-8-7-14-25(26)32-28(33)17-4-3-9-18-31-29(34)23-12-5-6-13-24(23)30/h5-8,10-16H,3-4,9,17-20H2,1-2H3,(H,31,34). The highest BCUT2D eigenvalue weighted by molar-refractivity contribution is 5.94. The first-order chi connectivity index (χ1) is 17.0. The Kier molecular flexibility index (Phi) is 8.14. The number of imidazole rings is 1. The van der Waals surface area contributed by atoms with Gasteiger partial charge in [-0.15, -0.1) is 0 Å². The van der Waals surface area contributed by atoms with Crippen molar-refractivity contribution in [2.45, 2.75) is 46.1 Å². The average Bonchev–Trinajstić information content (AvgIpc) is 3.21. The fourth-order valence-corrected chi connectivity index (χ4v) is 4.22. The number of nitrogens with zero attached hydrogens (tertiary/aromatic N) is 2. The maximum Gasteiger partial charge on any atom is 0.254 e. The third-order valence-corrected chi connectivity index (χ3v) is 6.34. The van der Waals surface area contributed by atoms with E-state index in [0.717, 1.165) is 54.8 Å². The van der Waals surface area contributed by atoms with E-state index in [1.54, 1.807) is 12.1 Å². The van der Waals surface area contributed by atoms with Crippen LogP contribution in [0.3, 0.4) is 0 Å². The highest BCUT2D eigenvalue weighted by Gasteiger charge is 2.12. The van der Waals surface area contributed by atoms with Gasteiger partial charge in [-0.1, -0.05) is 42.8 Å². The van der Waals surface area contributed by atoms with Gasteiger partial charge in [-0.2, -0.15) is 0 Å². The van der Waals surface area contributed by atoms with Crippen molar-refractivity contribution in [2.24, 2.45) is 0 Å². The van der Waals surface area contributed by atoms with Crippen LogP contribution in [-0.4, -0.2) is 28.6 Å². The van der Waals surface area contributed by atoms with Gasteiger partial charge in [0.2, 0.25) is 0 Å². The van der Waals surface area contributed by atoms with Crippen molar-refractivity contribution >= 4 is 16.9 Å². The molecule has 6 heteroatoms. The summed E-state index contributed by atoms with van der Waals surface area (Å²) in [5.74, 6) is 1.11. The summed E-state index contributed by atoms with van der Waals surface area (Å²) >= 11 is 0. The van der Waals surface area contributed by atoms with E-state index >= 15 is 0 Å². The van der Waals surface area contributed by atoms with E-state index in [2.05, 4.69) is 35.9 Å². The normalized spacial score (nSPS) is 11.1. The molecule has 0 spiro atoms. The zero-order chi connectivity index (χ0) is 24.6. The predicted octanol–water partition coefficient (Wildman–Crippen LogP) is 6.01. The van der Waals surface area contributed by atoms with E-state index in [9.17, 15) is 9.18 Å². The maximum absolute atomic E-state index is 13.7. The fourth-order valence-electron chi connectivity index (χ4n) is 4.22. The first-order valence-electron chi connectivity index (χ1n) is 12.2. The number of ether oxygens (including phenoxy) is 1. The molecular weight excluding hydrogens is 441 g/mol. The lowest BCUT2D eigenvalue weighted by Crippen LogP contribution is -2.25. The minimum Gasteiger partial charge on any atom is -0.491 e. The third-order valence-electron chi connectivity index (χ3n) is 6.34. The topological polar surface area (TPSA) is 56.1 Å². The van der Waals surface area contributed by atoms with Crippen molar-refractivity contribution < 1.29 is 13.9 Å². The molecule has 0 unspecified atom stereocenters. The van der Waals surface area contributed by atoms with E-state index in [0.29, 0.717) is 13.2 Å². The van der Waals surface area contributed by atoms with Gasteiger partial charge < -0.3 is 14.6 Å². The van der Waals surface area contributed by atoms with Crippen LogP contribution in [0, 0.1) is 19.7 Å². The number of fused-ring (bicyclic) bond motifs is 1. The van der Waals surface area contributed by atoms with Crippen LogP contribution < -0.4 is 10.1 Å². The number of hydrogen-bond acceptors (Lipinski definition) is 3. The summed E-state index contributed by atoms with van der Waals surface area (Å²) in [5.41, 5.74) is 4.59. The van der Waals surface area contributed by atoms with Crippen LogP contribution in [0.4, 0.5) is 4.39 Å². The van der Waals surface area contributed by atoms with Crippen molar-refractivity contribution in [1.29, 1.82) is 0 Å². The molecule has 0 atom stereocenters. The molecule has 0 bridgehead atoms. The molecule has 1 heterocycles. The summed E-state index contributed by atoms with van der Waals surface area (Å²) in [5, 5.41) is 2.81. The molecule has 4 rings (SSSR count). The van der Waals surface area contributed by atoms with Gasteiger partial charge in [0.1, 0.15) is 24.0 Å². The Bertz CT molecular complexity index is 1300. The molecule has 182 valence electrons. The summed E-state index contributed by atoms with van der Waals surface area (Å²) in [4.78, 5) is 17.0. The minimum atomic E-state index is -0.495. The molecule has 0 saturated heterocycles. The van der Waals surface area contributed by atoms with Crippen LogP contribution >= 0.6 is 0 Å². The minimum absolute atomic E-state index is 0.0873. The van der Waals surface area contributed by atoms with E-state index < -0.39 is 5.82 Å². The summed E-state index contributed by atoms with van der Waals surface area (Å²) in [7, 11) is 0. The molecule has 0 saturated carbocycles. The van der Waals surface area contributed by atoms with Crippen LogP contribution in [0.2, 0.25) is 0 Å². The molecule has 0 radical (unpaired) electrons. The van der Waals surface area contributed by atoms with Crippen molar-refractivity contribution in [2.75, 3.05) is 13.2 Å². The Hall–Kier alpha value is -3.67. The number of amides is 1. The van der Waals surface area contributed by atoms with Gasteiger partial charge in [-0.3, -0.25) is 4.79 Å².